The maximum atomic E-state index is 12.8. The van der Waals surface area contributed by atoms with Crippen LogP contribution in [0.5, 0.6) is 5.75 Å². The Hall–Kier alpha value is -1.90. The molecule has 6 nitrogen and oxygen atoms in total. The summed E-state index contributed by atoms with van der Waals surface area (Å²) in [5.74, 6) is 0.384. The summed E-state index contributed by atoms with van der Waals surface area (Å²) in [6.07, 6.45) is 0. The van der Waals surface area contributed by atoms with E-state index in [2.05, 4.69) is 38.3 Å². The lowest BCUT2D eigenvalue weighted by molar-refractivity contribution is -0.118. The molecule has 2 amide bonds. The van der Waals surface area contributed by atoms with Gasteiger partial charge in [-0.15, -0.1) is 11.3 Å². The minimum Gasteiger partial charge on any atom is -0.482 e. The lowest BCUT2D eigenvalue weighted by Gasteiger charge is -2.34. The molecular formula is C18H18BrN3O3S. The molecule has 1 fully saturated rings. The Kier molecular flexibility index (Phi) is 4.97. The Bertz CT molecular complexity index is 846. The second-order valence-corrected chi connectivity index (χ2v) is 8.87. The molecule has 1 aromatic heterocycles. The number of hydrogen-bond donors (Lipinski definition) is 1. The molecule has 4 rings (SSSR count). The third-order valence-corrected chi connectivity index (χ3v) is 6.14. The number of nitrogens with zero attached hydrogens (tertiary/aromatic N) is 2. The summed E-state index contributed by atoms with van der Waals surface area (Å²) in [6, 6.07) is 9.39. The first kappa shape index (κ1) is 17.5. The Morgan fingerprint density at radius 2 is 2.00 bits per heavy atom. The summed E-state index contributed by atoms with van der Waals surface area (Å²) in [5, 5.41) is 2.74. The van der Waals surface area contributed by atoms with E-state index in [0.29, 0.717) is 30.1 Å². The van der Waals surface area contributed by atoms with Gasteiger partial charge >= 0.3 is 0 Å². The average molecular weight is 436 g/mol. The SMILES string of the molecule is O=C1COc2cc(C(=O)N3CCN(Cc4ccc(Br)s4)CC3)ccc2N1. The van der Waals surface area contributed by atoms with Crippen molar-refractivity contribution in [1.29, 1.82) is 0 Å². The molecule has 1 aromatic carbocycles. The maximum absolute atomic E-state index is 12.8. The van der Waals surface area contributed by atoms with E-state index < -0.39 is 0 Å². The number of carbonyl (C=O) groups is 2. The number of fused-ring (bicyclic) bond motifs is 1. The zero-order valence-electron chi connectivity index (χ0n) is 14.0. The van der Waals surface area contributed by atoms with Gasteiger partial charge < -0.3 is 15.0 Å². The van der Waals surface area contributed by atoms with Crippen LogP contribution in [0.15, 0.2) is 34.1 Å². The molecule has 0 aliphatic carbocycles. The Morgan fingerprint density at radius 1 is 1.19 bits per heavy atom. The number of carbonyl (C=O) groups excluding carboxylic acids is 2. The molecule has 3 heterocycles. The number of ether oxygens (including phenoxy) is 1. The fourth-order valence-electron chi connectivity index (χ4n) is 3.16. The summed E-state index contributed by atoms with van der Waals surface area (Å²) in [7, 11) is 0. The van der Waals surface area contributed by atoms with E-state index in [9.17, 15) is 9.59 Å². The van der Waals surface area contributed by atoms with E-state index in [1.165, 1.54) is 4.88 Å². The van der Waals surface area contributed by atoms with Crippen molar-refractivity contribution in [3.05, 3.63) is 44.6 Å². The highest BCUT2D eigenvalue weighted by atomic mass is 79.9. The second kappa shape index (κ2) is 7.38. The summed E-state index contributed by atoms with van der Waals surface area (Å²) in [6.45, 7) is 4.05. The van der Waals surface area contributed by atoms with Gasteiger partial charge in [0.05, 0.1) is 9.47 Å². The van der Waals surface area contributed by atoms with Crippen LogP contribution in [0.3, 0.4) is 0 Å². The van der Waals surface area contributed by atoms with Gasteiger partial charge in [0.25, 0.3) is 11.8 Å². The van der Waals surface area contributed by atoms with Crippen LogP contribution in [0.1, 0.15) is 15.2 Å². The number of benzene rings is 1. The van der Waals surface area contributed by atoms with E-state index in [-0.39, 0.29) is 18.4 Å². The molecule has 8 heteroatoms. The summed E-state index contributed by atoms with van der Waals surface area (Å²) in [5.41, 5.74) is 1.21. The molecule has 2 aliphatic heterocycles. The van der Waals surface area contributed by atoms with Crippen molar-refractivity contribution in [1.82, 2.24) is 9.80 Å². The number of piperazine rings is 1. The average Bonchev–Trinajstić information content (AvgIpc) is 3.06. The fourth-order valence-corrected chi connectivity index (χ4v) is 4.68. The van der Waals surface area contributed by atoms with Crippen molar-refractivity contribution in [2.24, 2.45) is 0 Å². The van der Waals surface area contributed by atoms with Crippen LogP contribution in [0.25, 0.3) is 0 Å². The summed E-state index contributed by atoms with van der Waals surface area (Å²) < 4.78 is 6.55. The Morgan fingerprint density at radius 3 is 2.73 bits per heavy atom. The van der Waals surface area contributed by atoms with Crippen LogP contribution in [0, 0.1) is 0 Å². The minimum atomic E-state index is -0.175. The van der Waals surface area contributed by atoms with Gasteiger partial charge in [-0.25, -0.2) is 0 Å². The van der Waals surface area contributed by atoms with Gasteiger partial charge in [-0.2, -0.15) is 0 Å². The third-order valence-electron chi connectivity index (χ3n) is 4.53. The number of halogens is 1. The molecule has 0 atom stereocenters. The minimum absolute atomic E-state index is 0.00631. The van der Waals surface area contributed by atoms with Gasteiger partial charge in [-0.3, -0.25) is 14.5 Å². The Balaban J connectivity index is 1.37. The highest BCUT2D eigenvalue weighted by Crippen LogP contribution is 2.29. The van der Waals surface area contributed by atoms with Gasteiger partial charge in [0.1, 0.15) is 5.75 Å². The second-order valence-electron chi connectivity index (χ2n) is 6.32. The first-order valence-corrected chi connectivity index (χ1v) is 10.0. The van der Waals surface area contributed by atoms with Crippen molar-refractivity contribution in [2.45, 2.75) is 6.54 Å². The molecule has 1 saturated heterocycles. The Labute approximate surface area is 163 Å². The first-order chi connectivity index (χ1) is 12.6. The molecule has 2 aromatic rings. The highest BCUT2D eigenvalue weighted by Gasteiger charge is 2.24. The fraction of sp³-hybridized carbons (Fsp3) is 0.333. The molecule has 2 aliphatic rings. The quantitative estimate of drug-likeness (QED) is 0.804. The van der Waals surface area contributed by atoms with E-state index in [4.69, 9.17) is 4.74 Å². The van der Waals surface area contributed by atoms with Crippen molar-refractivity contribution in [3.8, 4) is 5.75 Å². The van der Waals surface area contributed by atoms with Crippen LogP contribution >= 0.6 is 27.3 Å². The number of rotatable bonds is 3. The molecule has 0 radical (unpaired) electrons. The van der Waals surface area contributed by atoms with Crippen molar-refractivity contribution in [2.75, 3.05) is 38.1 Å². The number of amides is 2. The molecular weight excluding hydrogens is 418 g/mol. The van der Waals surface area contributed by atoms with Crippen LogP contribution in [0.4, 0.5) is 5.69 Å². The van der Waals surface area contributed by atoms with Crippen molar-refractivity contribution in [3.63, 3.8) is 0 Å². The number of anilines is 1. The number of nitrogens with one attached hydrogen (secondary N) is 1. The van der Waals surface area contributed by atoms with Crippen molar-refractivity contribution >= 4 is 44.8 Å². The van der Waals surface area contributed by atoms with Gasteiger partial charge in [0, 0.05) is 43.2 Å². The molecule has 0 bridgehead atoms. The number of hydrogen-bond acceptors (Lipinski definition) is 5. The summed E-state index contributed by atoms with van der Waals surface area (Å²) >= 11 is 5.24. The van der Waals surface area contributed by atoms with Crippen LogP contribution in [-0.2, 0) is 11.3 Å². The van der Waals surface area contributed by atoms with Crippen molar-refractivity contribution < 1.29 is 14.3 Å². The predicted octanol–water partition coefficient (Wildman–Crippen LogP) is 2.80. The lowest BCUT2D eigenvalue weighted by atomic mass is 10.1. The van der Waals surface area contributed by atoms with E-state index >= 15 is 0 Å². The molecule has 0 saturated carbocycles. The largest absolute Gasteiger partial charge is 0.482 e. The standard InChI is InChI=1S/C18H18BrN3O3S/c19-16-4-2-13(26-16)10-21-5-7-22(8-6-21)18(24)12-1-3-14-15(9-12)25-11-17(23)20-14/h1-4,9H,5-8,10-11H2,(H,20,23). The van der Waals surface area contributed by atoms with E-state index in [1.54, 1.807) is 29.5 Å². The zero-order valence-corrected chi connectivity index (χ0v) is 16.4. The van der Waals surface area contributed by atoms with E-state index in [0.717, 1.165) is 23.4 Å². The zero-order chi connectivity index (χ0) is 18.1. The van der Waals surface area contributed by atoms with Crippen LogP contribution in [-0.4, -0.2) is 54.4 Å². The van der Waals surface area contributed by atoms with Crippen LogP contribution in [0.2, 0.25) is 0 Å². The normalized spacial score (nSPS) is 17.4. The van der Waals surface area contributed by atoms with Gasteiger partial charge in [0.15, 0.2) is 6.61 Å². The third kappa shape index (κ3) is 3.77. The highest BCUT2D eigenvalue weighted by molar-refractivity contribution is 9.11. The molecule has 26 heavy (non-hydrogen) atoms. The molecule has 1 N–H and O–H groups in total. The topological polar surface area (TPSA) is 61.9 Å². The first-order valence-electron chi connectivity index (χ1n) is 8.41. The van der Waals surface area contributed by atoms with Gasteiger partial charge in [0.2, 0.25) is 0 Å². The maximum Gasteiger partial charge on any atom is 0.262 e. The molecule has 0 spiro atoms. The van der Waals surface area contributed by atoms with Gasteiger partial charge in [-0.05, 0) is 46.3 Å². The summed E-state index contributed by atoms with van der Waals surface area (Å²) in [4.78, 5) is 29.7. The van der Waals surface area contributed by atoms with Gasteiger partial charge in [-0.1, -0.05) is 0 Å². The monoisotopic (exact) mass is 435 g/mol. The number of thiophene rings is 1. The lowest BCUT2D eigenvalue weighted by Crippen LogP contribution is -2.48. The van der Waals surface area contributed by atoms with E-state index in [1.807, 2.05) is 4.90 Å². The molecule has 0 unspecified atom stereocenters. The van der Waals surface area contributed by atoms with Crippen LogP contribution < -0.4 is 10.1 Å². The smallest absolute Gasteiger partial charge is 0.262 e. The predicted molar refractivity (Wildman–Crippen MR) is 104 cm³/mol. The molecule has 136 valence electrons.